The van der Waals surface area contributed by atoms with Gasteiger partial charge >= 0.3 is 0 Å². The molecular weight excluding hydrogens is 213 g/mol. The minimum absolute atomic E-state index is 0.321. The van der Waals surface area contributed by atoms with Gasteiger partial charge in [-0.05, 0) is 25.5 Å². The van der Waals surface area contributed by atoms with Crippen LogP contribution in [0.1, 0.15) is 18.4 Å². The van der Waals surface area contributed by atoms with Gasteiger partial charge in [0.25, 0.3) is 0 Å². The Balaban J connectivity index is 1.99. The quantitative estimate of drug-likeness (QED) is 0.715. The summed E-state index contributed by atoms with van der Waals surface area (Å²) in [6.07, 6.45) is 1.95. The molecule has 2 N–H and O–H groups in total. The van der Waals surface area contributed by atoms with E-state index in [2.05, 4.69) is 5.32 Å². The Morgan fingerprint density at radius 3 is 2.87 bits per heavy atom. The van der Waals surface area contributed by atoms with Gasteiger partial charge in [-0.15, -0.1) is 0 Å². The monoisotopic (exact) mass is 225 g/mol. The van der Waals surface area contributed by atoms with Crippen LogP contribution in [0.3, 0.4) is 0 Å². The third-order valence-electron chi connectivity index (χ3n) is 3.18. The Morgan fingerprint density at radius 1 is 1.40 bits per heavy atom. The summed E-state index contributed by atoms with van der Waals surface area (Å²) in [7, 11) is 0. The third-order valence-corrected chi connectivity index (χ3v) is 4.83. The molecule has 2 aliphatic rings. The second-order valence-electron chi connectivity index (χ2n) is 4.08. The van der Waals surface area contributed by atoms with Crippen LogP contribution in [0.5, 0.6) is 0 Å². The first-order chi connectivity index (χ1) is 7.18. The van der Waals surface area contributed by atoms with Crippen molar-refractivity contribution in [1.29, 1.82) is 0 Å². The molecule has 0 aliphatic carbocycles. The lowest BCUT2D eigenvalue weighted by molar-refractivity contribution is 0.127. The molecule has 0 bridgehead atoms. The van der Waals surface area contributed by atoms with Crippen LogP contribution in [0, 0.1) is 5.82 Å². The number of hydrogen-bond donors (Lipinski definition) is 2. The normalized spacial score (nSPS) is 38.5. The Morgan fingerprint density at radius 2 is 2.20 bits per heavy atom. The Kier molecular flexibility index (Phi) is 1.90. The highest BCUT2D eigenvalue weighted by atomic mass is 32.2. The number of halogens is 1. The van der Waals surface area contributed by atoms with Crippen LogP contribution in [0.2, 0.25) is 0 Å². The second kappa shape index (κ2) is 2.97. The van der Waals surface area contributed by atoms with Crippen LogP contribution in [-0.4, -0.2) is 16.5 Å². The van der Waals surface area contributed by atoms with Crippen molar-refractivity contribution in [2.75, 3.05) is 6.54 Å². The molecule has 1 spiro atoms. The first-order valence-corrected chi connectivity index (χ1v) is 5.92. The number of nitrogens with one attached hydrogen (secondary N) is 1. The van der Waals surface area contributed by atoms with Gasteiger partial charge in [-0.3, -0.25) is 5.32 Å². The summed E-state index contributed by atoms with van der Waals surface area (Å²) < 4.78 is 13.6. The van der Waals surface area contributed by atoms with Gasteiger partial charge in [-0.1, -0.05) is 30.0 Å². The van der Waals surface area contributed by atoms with E-state index >= 15 is 0 Å². The van der Waals surface area contributed by atoms with Gasteiger partial charge in [-0.25, -0.2) is 4.39 Å². The molecule has 0 aromatic heterocycles. The fourth-order valence-corrected chi connectivity index (χ4v) is 3.76. The third kappa shape index (κ3) is 1.19. The van der Waals surface area contributed by atoms with Crippen molar-refractivity contribution >= 4 is 11.8 Å². The topological polar surface area (TPSA) is 32.3 Å². The van der Waals surface area contributed by atoms with E-state index in [1.54, 1.807) is 18.2 Å². The minimum Gasteiger partial charge on any atom is -0.372 e. The van der Waals surface area contributed by atoms with Gasteiger partial charge < -0.3 is 5.11 Å². The maximum atomic E-state index is 13.6. The number of thioether (sulfide) groups is 1. The lowest BCUT2D eigenvalue weighted by Gasteiger charge is -2.15. The molecule has 2 fully saturated rings. The fraction of sp³-hybridized carbons (Fsp3) is 0.455. The zero-order valence-corrected chi connectivity index (χ0v) is 8.98. The fourth-order valence-electron chi connectivity index (χ4n) is 2.33. The van der Waals surface area contributed by atoms with Crippen molar-refractivity contribution in [1.82, 2.24) is 5.32 Å². The zero-order chi connectivity index (χ0) is 10.5. The molecule has 3 rings (SSSR count). The highest BCUT2D eigenvalue weighted by molar-refractivity contribution is 8.08. The van der Waals surface area contributed by atoms with Crippen molar-refractivity contribution in [3.8, 4) is 0 Å². The molecule has 1 aromatic rings. The van der Waals surface area contributed by atoms with Crippen molar-refractivity contribution in [3.05, 3.63) is 35.6 Å². The summed E-state index contributed by atoms with van der Waals surface area (Å²) in [4.78, 5) is -1.38. The molecule has 2 nitrogen and oxygen atoms in total. The Hall–Kier alpha value is -0.580. The van der Waals surface area contributed by atoms with Gasteiger partial charge in [0, 0.05) is 5.56 Å². The SMILES string of the molecule is OC1(c2ccccc2F)SC12CCCN2. The average molecular weight is 225 g/mol. The number of rotatable bonds is 1. The predicted molar refractivity (Wildman–Crippen MR) is 57.9 cm³/mol. The first-order valence-electron chi connectivity index (χ1n) is 5.11. The largest absolute Gasteiger partial charge is 0.372 e. The van der Waals surface area contributed by atoms with Crippen LogP contribution in [0.15, 0.2) is 24.3 Å². The number of benzene rings is 1. The summed E-state index contributed by atoms with van der Waals surface area (Å²) in [6.45, 7) is 0.907. The van der Waals surface area contributed by atoms with Crippen molar-refractivity contribution in [2.45, 2.75) is 22.6 Å². The van der Waals surface area contributed by atoms with Crippen LogP contribution in [0.4, 0.5) is 4.39 Å². The van der Waals surface area contributed by atoms with E-state index in [0.29, 0.717) is 5.56 Å². The van der Waals surface area contributed by atoms with E-state index in [4.69, 9.17) is 0 Å². The van der Waals surface area contributed by atoms with Crippen molar-refractivity contribution in [2.24, 2.45) is 0 Å². The van der Waals surface area contributed by atoms with Crippen LogP contribution in [-0.2, 0) is 4.93 Å². The van der Waals surface area contributed by atoms with Crippen LogP contribution >= 0.6 is 11.8 Å². The molecular formula is C11H12FNOS. The molecule has 80 valence electrons. The first kappa shape index (κ1) is 9.63. The van der Waals surface area contributed by atoms with Gasteiger partial charge in [0.05, 0.1) is 0 Å². The molecule has 4 heteroatoms. The van der Waals surface area contributed by atoms with Crippen molar-refractivity contribution < 1.29 is 9.50 Å². The molecule has 2 atom stereocenters. The van der Waals surface area contributed by atoms with Gasteiger partial charge in [-0.2, -0.15) is 0 Å². The molecule has 2 saturated heterocycles. The van der Waals surface area contributed by atoms with E-state index in [1.165, 1.54) is 17.8 Å². The summed E-state index contributed by atoms with van der Waals surface area (Å²) in [6, 6.07) is 6.47. The minimum atomic E-state index is -1.06. The maximum absolute atomic E-state index is 13.6. The lowest BCUT2D eigenvalue weighted by atomic mass is 10.0. The number of hydrogen-bond acceptors (Lipinski definition) is 3. The highest BCUT2D eigenvalue weighted by Gasteiger charge is 2.71. The molecule has 2 heterocycles. The molecule has 1 aromatic carbocycles. The van der Waals surface area contributed by atoms with E-state index in [1.807, 2.05) is 0 Å². The maximum Gasteiger partial charge on any atom is 0.168 e. The molecule has 2 aliphatic heterocycles. The van der Waals surface area contributed by atoms with Crippen molar-refractivity contribution in [3.63, 3.8) is 0 Å². The Labute approximate surface area is 91.9 Å². The van der Waals surface area contributed by atoms with E-state index in [-0.39, 0.29) is 10.7 Å². The van der Waals surface area contributed by atoms with E-state index in [0.717, 1.165) is 19.4 Å². The van der Waals surface area contributed by atoms with Gasteiger partial charge in [0.15, 0.2) is 4.93 Å². The molecule has 0 amide bonds. The van der Waals surface area contributed by atoms with E-state index in [9.17, 15) is 9.50 Å². The lowest BCUT2D eigenvalue weighted by Crippen LogP contribution is -2.33. The molecule has 15 heavy (non-hydrogen) atoms. The molecule has 2 unspecified atom stereocenters. The zero-order valence-electron chi connectivity index (χ0n) is 8.16. The summed E-state index contributed by atoms with van der Waals surface area (Å²) in [5.41, 5.74) is 0.407. The summed E-state index contributed by atoms with van der Waals surface area (Å²) in [5, 5.41) is 13.7. The smallest absolute Gasteiger partial charge is 0.168 e. The Bertz CT molecular complexity index is 405. The molecule has 0 radical (unpaired) electrons. The summed E-state index contributed by atoms with van der Waals surface area (Å²) >= 11 is 1.42. The highest BCUT2D eigenvalue weighted by Crippen LogP contribution is 2.70. The van der Waals surface area contributed by atoms with Crippen LogP contribution < -0.4 is 5.32 Å². The van der Waals surface area contributed by atoms with E-state index < -0.39 is 4.93 Å². The van der Waals surface area contributed by atoms with Gasteiger partial charge in [0.2, 0.25) is 0 Å². The van der Waals surface area contributed by atoms with Gasteiger partial charge in [0.1, 0.15) is 10.7 Å². The molecule has 0 saturated carbocycles. The van der Waals surface area contributed by atoms with Crippen LogP contribution in [0.25, 0.3) is 0 Å². The average Bonchev–Trinajstić information content (AvgIpc) is 2.61. The predicted octanol–water partition coefficient (Wildman–Crippen LogP) is 1.80. The standard InChI is InChI=1S/C11H12FNOS/c12-9-5-2-1-4-8(9)11(14)10(15-11)6-3-7-13-10/h1-2,4-5,13-14H,3,6-7H2. The second-order valence-corrected chi connectivity index (χ2v) is 5.58. The number of aliphatic hydroxyl groups is 1. The summed E-state index contributed by atoms with van der Waals surface area (Å²) in [5.74, 6) is -0.321.